The van der Waals surface area contributed by atoms with E-state index in [1.165, 1.54) is 16.6 Å². The number of aromatic nitrogens is 1. The van der Waals surface area contributed by atoms with Crippen LogP contribution in [0.5, 0.6) is 0 Å². The molecule has 3 heteroatoms. The molecule has 1 aromatic heterocycles. The van der Waals surface area contributed by atoms with Gasteiger partial charge in [-0.15, -0.1) is 0 Å². The van der Waals surface area contributed by atoms with Gasteiger partial charge in [0, 0.05) is 42.9 Å². The molecule has 0 bridgehead atoms. The Morgan fingerprint density at radius 3 is 2.67 bits per heavy atom. The third kappa shape index (κ3) is 2.06. The van der Waals surface area contributed by atoms with Crippen LogP contribution in [0.1, 0.15) is 11.3 Å². The minimum Gasteiger partial charge on any atom is -0.368 e. The summed E-state index contributed by atoms with van der Waals surface area (Å²) in [6.07, 6.45) is 0. The predicted molar refractivity (Wildman–Crippen MR) is 76.3 cm³/mol. The largest absolute Gasteiger partial charge is 0.368 e. The van der Waals surface area contributed by atoms with Crippen molar-refractivity contribution >= 4 is 16.6 Å². The van der Waals surface area contributed by atoms with E-state index in [-0.39, 0.29) is 0 Å². The molecule has 1 aliphatic rings. The van der Waals surface area contributed by atoms with Gasteiger partial charge in [0.25, 0.3) is 0 Å². The molecule has 0 radical (unpaired) electrons. The first-order chi connectivity index (χ1) is 8.74. The highest BCUT2D eigenvalue weighted by Gasteiger charge is 2.14. The van der Waals surface area contributed by atoms with Crippen molar-refractivity contribution in [3.8, 4) is 0 Å². The Balaban J connectivity index is 2.14. The number of nitrogens with one attached hydrogen (secondary N) is 1. The molecule has 2 heterocycles. The Labute approximate surface area is 108 Å². The second-order valence-electron chi connectivity index (χ2n) is 5.04. The lowest BCUT2D eigenvalue weighted by Gasteiger charge is -2.30. The second kappa shape index (κ2) is 4.58. The van der Waals surface area contributed by atoms with Gasteiger partial charge < -0.3 is 10.2 Å². The van der Waals surface area contributed by atoms with Crippen LogP contribution in [-0.2, 0) is 0 Å². The monoisotopic (exact) mass is 241 g/mol. The van der Waals surface area contributed by atoms with Crippen LogP contribution in [0.25, 0.3) is 10.9 Å². The molecule has 0 unspecified atom stereocenters. The molecule has 1 saturated heterocycles. The SMILES string of the molecule is Cc1cc(N2CCNCC2)c2ccc(C)nc2c1. The van der Waals surface area contributed by atoms with Gasteiger partial charge in [0.2, 0.25) is 0 Å². The van der Waals surface area contributed by atoms with Gasteiger partial charge in [0.05, 0.1) is 5.52 Å². The van der Waals surface area contributed by atoms with Crippen LogP contribution in [0.4, 0.5) is 5.69 Å². The summed E-state index contributed by atoms with van der Waals surface area (Å²) in [5.41, 5.74) is 4.82. The summed E-state index contributed by atoms with van der Waals surface area (Å²) in [5.74, 6) is 0. The average molecular weight is 241 g/mol. The second-order valence-corrected chi connectivity index (χ2v) is 5.04. The molecule has 0 amide bonds. The molecule has 0 saturated carbocycles. The van der Waals surface area contributed by atoms with Crippen molar-refractivity contribution in [3.05, 3.63) is 35.5 Å². The van der Waals surface area contributed by atoms with E-state index in [0.717, 1.165) is 37.4 Å². The molecular formula is C15H19N3. The molecule has 1 aromatic carbocycles. The van der Waals surface area contributed by atoms with Gasteiger partial charge >= 0.3 is 0 Å². The van der Waals surface area contributed by atoms with Crippen molar-refractivity contribution < 1.29 is 0 Å². The Morgan fingerprint density at radius 2 is 1.89 bits per heavy atom. The molecule has 1 fully saturated rings. The van der Waals surface area contributed by atoms with Crippen molar-refractivity contribution in [1.29, 1.82) is 0 Å². The van der Waals surface area contributed by atoms with Crippen molar-refractivity contribution in [2.75, 3.05) is 31.1 Å². The van der Waals surface area contributed by atoms with Crippen molar-refractivity contribution in [2.45, 2.75) is 13.8 Å². The number of rotatable bonds is 1. The maximum Gasteiger partial charge on any atom is 0.0728 e. The summed E-state index contributed by atoms with van der Waals surface area (Å²) in [5, 5.41) is 4.67. The van der Waals surface area contributed by atoms with Gasteiger partial charge in [-0.3, -0.25) is 4.98 Å². The van der Waals surface area contributed by atoms with Gasteiger partial charge in [0.15, 0.2) is 0 Å². The highest BCUT2D eigenvalue weighted by molar-refractivity contribution is 5.92. The van der Waals surface area contributed by atoms with E-state index < -0.39 is 0 Å². The fourth-order valence-corrected chi connectivity index (χ4v) is 2.62. The van der Waals surface area contributed by atoms with Gasteiger partial charge in [-0.05, 0) is 43.7 Å². The number of nitrogens with zero attached hydrogens (tertiary/aromatic N) is 2. The number of benzene rings is 1. The van der Waals surface area contributed by atoms with Crippen LogP contribution in [0.2, 0.25) is 0 Å². The molecule has 1 aliphatic heterocycles. The maximum absolute atomic E-state index is 4.65. The minimum atomic E-state index is 1.06. The fourth-order valence-electron chi connectivity index (χ4n) is 2.62. The zero-order valence-electron chi connectivity index (χ0n) is 11.0. The van der Waals surface area contributed by atoms with Crippen molar-refractivity contribution in [3.63, 3.8) is 0 Å². The Morgan fingerprint density at radius 1 is 1.11 bits per heavy atom. The quantitative estimate of drug-likeness (QED) is 0.830. The van der Waals surface area contributed by atoms with E-state index >= 15 is 0 Å². The Kier molecular flexibility index (Phi) is 2.92. The third-order valence-corrected chi connectivity index (χ3v) is 3.53. The molecule has 0 spiro atoms. The number of anilines is 1. The van der Waals surface area contributed by atoms with Crippen LogP contribution >= 0.6 is 0 Å². The van der Waals surface area contributed by atoms with Crippen molar-refractivity contribution in [2.24, 2.45) is 0 Å². The van der Waals surface area contributed by atoms with Crippen LogP contribution in [0, 0.1) is 13.8 Å². The highest BCUT2D eigenvalue weighted by Crippen LogP contribution is 2.28. The number of aryl methyl sites for hydroxylation is 2. The number of piperazine rings is 1. The Bertz CT molecular complexity index is 566. The van der Waals surface area contributed by atoms with Crippen LogP contribution in [0.3, 0.4) is 0 Å². The summed E-state index contributed by atoms with van der Waals surface area (Å²) >= 11 is 0. The molecule has 3 nitrogen and oxygen atoms in total. The van der Waals surface area contributed by atoms with E-state index in [1.807, 2.05) is 6.92 Å². The molecule has 94 valence electrons. The zero-order valence-corrected chi connectivity index (χ0v) is 11.0. The van der Waals surface area contributed by atoms with Crippen LogP contribution in [-0.4, -0.2) is 31.2 Å². The average Bonchev–Trinajstić information content (AvgIpc) is 2.38. The third-order valence-electron chi connectivity index (χ3n) is 3.53. The summed E-state index contributed by atoms with van der Waals surface area (Å²) < 4.78 is 0. The molecule has 1 N–H and O–H groups in total. The first-order valence-electron chi connectivity index (χ1n) is 6.58. The van der Waals surface area contributed by atoms with Crippen LogP contribution in [0.15, 0.2) is 24.3 Å². The van der Waals surface area contributed by atoms with Gasteiger partial charge in [-0.2, -0.15) is 0 Å². The highest BCUT2D eigenvalue weighted by atomic mass is 15.2. The molecule has 2 aromatic rings. The van der Waals surface area contributed by atoms with Crippen LogP contribution < -0.4 is 10.2 Å². The molecule has 18 heavy (non-hydrogen) atoms. The van der Waals surface area contributed by atoms with Gasteiger partial charge in [0.1, 0.15) is 0 Å². The topological polar surface area (TPSA) is 28.2 Å². The number of fused-ring (bicyclic) bond motifs is 1. The van der Waals surface area contributed by atoms with Gasteiger partial charge in [-0.1, -0.05) is 0 Å². The van der Waals surface area contributed by atoms with E-state index in [0.29, 0.717) is 0 Å². The predicted octanol–water partition coefficient (Wildman–Crippen LogP) is 2.26. The molecular weight excluding hydrogens is 222 g/mol. The maximum atomic E-state index is 4.65. The first kappa shape index (κ1) is 11.5. The summed E-state index contributed by atoms with van der Waals surface area (Å²) in [4.78, 5) is 7.11. The van der Waals surface area contributed by atoms with E-state index in [2.05, 4.69) is 46.4 Å². The molecule has 0 aliphatic carbocycles. The smallest absolute Gasteiger partial charge is 0.0728 e. The lowest BCUT2D eigenvalue weighted by atomic mass is 10.1. The number of hydrogen-bond acceptors (Lipinski definition) is 3. The summed E-state index contributed by atoms with van der Waals surface area (Å²) in [7, 11) is 0. The first-order valence-corrected chi connectivity index (χ1v) is 6.58. The van der Waals surface area contributed by atoms with E-state index in [9.17, 15) is 0 Å². The van der Waals surface area contributed by atoms with Crippen molar-refractivity contribution in [1.82, 2.24) is 10.3 Å². The lowest BCUT2D eigenvalue weighted by molar-refractivity contribution is 0.590. The number of hydrogen-bond donors (Lipinski definition) is 1. The fraction of sp³-hybridized carbons (Fsp3) is 0.400. The molecule has 0 atom stereocenters. The summed E-state index contributed by atoms with van der Waals surface area (Å²) in [6.45, 7) is 8.48. The lowest BCUT2D eigenvalue weighted by Crippen LogP contribution is -2.43. The number of pyridine rings is 1. The summed E-state index contributed by atoms with van der Waals surface area (Å²) in [6, 6.07) is 8.76. The molecule has 3 rings (SSSR count). The zero-order chi connectivity index (χ0) is 12.5. The standard InChI is InChI=1S/C15H19N3/c1-11-9-14-13(4-3-12(2)17-14)15(10-11)18-7-5-16-6-8-18/h3-4,9-10,16H,5-8H2,1-2H3. The van der Waals surface area contributed by atoms with Gasteiger partial charge in [-0.25, -0.2) is 0 Å². The van der Waals surface area contributed by atoms with E-state index in [1.54, 1.807) is 0 Å². The Hall–Kier alpha value is -1.61. The minimum absolute atomic E-state index is 1.06. The normalized spacial score (nSPS) is 16.2. The van der Waals surface area contributed by atoms with E-state index in [4.69, 9.17) is 0 Å².